The number of hydrogen-bond acceptors (Lipinski definition) is 4. The van der Waals surface area contributed by atoms with E-state index in [9.17, 15) is 0 Å². The Labute approximate surface area is 121 Å². The number of terminal acetylenes is 1. The molecule has 0 aliphatic rings. The molecular weight excluding hydrogens is 254 g/mol. The molecule has 0 saturated carbocycles. The van der Waals surface area contributed by atoms with Crippen LogP contribution < -0.4 is 14.8 Å². The van der Waals surface area contributed by atoms with Gasteiger partial charge in [-0.3, -0.25) is 0 Å². The Hall–Kier alpha value is -1.70. The van der Waals surface area contributed by atoms with Gasteiger partial charge in [-0.05, 0) is 12.5 Å². The summed E-state index contributed by atoms with van der Waals surface area (Å²) < 4.78 is 16.2. The Morgan fingerprint density at radius 3 is 2.80 bits per heavy atom. The van der Waals surface area contributed by atoms with Crippen molar-refractivity contribution in [2.75, 3.05) is 34.0 Å². The van der Waals surface area contributed by atoms with Crippen LogP contribution in [0.1, 0.15) is 18.4 Å². The predicted molar refractivity (Wildman–Crippen MR) is 80.1 cm³/mol. The van der Waals surface area contributed by atoms with Crippen LogP contribution in [0, 0.1) is 12.3 Å². The first-order chi connectivity index (χ1) is 9.83. The maximum atomic E-state index is 5.83. The van der Waals surface area contributed by atoms with E-state index >= 15 is 0 Å². The highest BCUT2D eigenvalue weighted by molar-refractivity contribution is 5.46. The summed E-state index contributed by atoms with van der Waals surface area (Å²) in [5.41, 5.74) is 1.07. The fourth-order valence-electron chi connectivity index (χ4n) is 1.77. The molecule has 0 atom stereocenters. The van der Waals surface area contributed by atoms with E-state index in [-0.39, 0.29) is 0 Å². The second-order valence-corrected chi connectivity index (χ2v) is 4.27. The van der Waals surface area contributed by atoms with Gasteiger partial charge in [-0.25, -0.2) is 0 Å². The number of hydrogen-bond donors (Lipinski definition) is 1. The number of methoxy groups -OCH3 is 2. The van der Waals surface area contributed by atoms with Gasteiger partial charge in [0, 0.05) is 32.2 Å². The molecule has 0 amide bonds. The van der Waals surface area contributed by atoms with Crippen LogP contribution in [-0.4, -0.2) is 34.0 Å². The summed E-state index contributed by atoms with van der Waals surface area (Å²) >= 11 is 0. The number of para-hydroxylation sites is 1. The van der Waals surface area contributed by atoms with Crippen molar-refractivity contribution in [1.82, 2.24) is 5.32 Å². The molecule has 20 heavy (non-hydrogen) atoms. The molecule has 0 bridgehead atoms. The lowest BCUT2D eigenvalue weighted by Crippen LogP contribution is -2.19. The predicted octanol–water partition coefficient (Wildman–Crippen LogP) is 2.22. The Morgan fingerprint density at radius 2 is 2.10 bits per heavy atom. The third kappa shape index (κ3) is 5.52. The topological polar surface area (TPSA) is 39.7 Å². The number of benzene rings is 1. The molecule has 1 rings (SSSR count). The smallest absolute Gasteiger partial charge is 0.165 e. The van der Waals surface area contributed by atoms with Gasteiger partial charge >= 0.3 is 0 Å². The Kier molecular flexibility index (Phi) is 8.28. The van der Waals surface area contributed by atoms with Crippen molar-refractivity contribution in [1.29, 1.82) is 0 Å². The van der Waals surface area contributed by atoms with E-state index in [1.807, 2.05) is 18.2 Å². The molecule has 0 fully saturated rings. The molecular formula is C16H23NO3. The van der Waals surface area contributed by atoms with E-state index in [0.717, 1.165) is 36.4 Å². The van der Waals surface area contributed by atoms with Crippen LogP contribution >= 0.6 is 0 Å². The Bertz CT molecular complexity index is 426. The average molecular weight is 277 g/mol. The quantitative estimate of drug-likeness (QED) is 0.526. The van der Waals surface area contributed by atoms with Crippen molar-refractivity contribution < 1.29 is 14.2 Å². The van der Waals surface area contributed by atoms with Gasteiger partial charge < -0.3 is 19.5 Å². The van der Waals surface area contributed by atoms with E-state index in [1.165, 1.54) is 0 Å². The highest BCUT2D eigenvalue weighted by Crippen LogP contribution is 2.31. The highest BCUT2D eigenvalue weighted by Gasteiger charge is 2.10. The second-order valence-electron chi connectivity index (χ2n) is 4.27. The van der Waals surface area contributed by atoms with E-state index in [2.05, 4.69) is 11.2 Å². The lowest BCUT2D eigenvalue weighted by atomic mass is 10.2. The molecule has 0 radical (unpaired) electrons. The van der Waals surface area contributed by atoms with Crippen LogP contribution in [-0.2, 0) is 11.3 Å². The van der Waals surface area contributed by atoms with E-state index in [1.54, 1.807) is 14.2 Å². The first-order valence-electron chi connectivity index (χ1n) is 6.75. The largest absolute Gasteiger partial charge is 0.493 e. The number of ether oxygens (including phenoxy) is 3. The third-order valence-corrected chi connectivity index (χ3v) is 2.79. The van der Waals surface area contributed by atoms with Gasteiger partial charge in [-0.2, -0.15) is 0 Å². The number of rotatable bonds is 10. The van der Waals surface area contributed by atoms with Gasteiger partial charge in [0.1, 0.15) is 0 Å². The normalized spacial score (nSPS) is 10.1. The van der Waals surface area contributed by atoms with E-state index in [0.29, 0.717) is 19.8 Å². The summed E-state index contributed by atoms with van der Waals surface area (Å²) in [5.74, 6) is 4.14. The second kappa shape index (κ2) is 10.1. The number of unbranched alkanes of at least 4 members (excludes halogenated alkanes) is 1. The third-order valence-electron chi connectivity index (χ3n) is 2.79. The summed E-state index contributed by atoms with van der Waals surface area (Å²) in [4.78, 5) is 0. The molecule has 0 aromatic heterocycles. The van der Waals surface area contributed by atoms with Gasteiger partial charge in [-0.1, -0.05) is 12.1 Å². The van der Waals surface area contributed by atoms with Crippen molar-refractivity contribution in [3.63, 3.8) is 0 Å². The van der Waals surface area contributed by atoms with Crippen LogP contribution in [0.3, 0.4) is 0 Å². The monoisotopic (exact) mass is 277 g/mol. The maximum absolute atomic E-state index is 5.83. The summed E-state index contributed by atoms with van der Waals surface area (Å²) in [6.07, 6.45) is 6.79. The minimum Gasteiger partial charge on any atom is -0.493 e. The Balaban J connectivity index is 2.63. The fourth-order valence-corrected chi connectivity index (χ4v) is 1.77. The zero-order chi connectivity index (χ0) is 14.6. The minimum absolute atomic E-state index is 0.593. The Morgan fingerprint density at radius 1 is 1.25 bits per heavy atom. The lowest BCUT2D eigenvalue weighted by Gasteiger charge is -2.15. The molecule has 0 aliphatic heterocycles. The van der Waals surface area contributed by atoms with Gasteiger partial charge in [-0.15, -0.1) is 12.3 Å². The first-order valence-corrected chi connectivity index (χ1v) is 6.75. The van der Waals surface area contributed by atoms with Gasteiger partial charge in [0.15, 0.2) is 11.5 Å². The van der Waals surface area contributed by atoms with Crippen molar-refractivity contribution in [2.24, 2.45) is 0 Å². The minimum atomic E-state index is 0.593. The molecule has 0 unspecified atom stereocenters. The van der Waals surface area contributed by atoms with Gasteiger partial charge in [0.05, 0.1) is 20.3 Å². The first kappa shape index (κ1) is 16.4. The molecule has 1 N–H and O–H groups in total. The molecule has 1 aromatic carbocycles. The maximum Gasteiger partial charge on any atom is 0.165 e. The molecule has 0 aliphatic carbocycles. The molecule has 0 spiro atoms. The van der Waals surface area contributed by atoms with Crippen molar-refractivity contribution in [3.8, 4) is 23.8 Å². The van der Waals surface area contributed by atoms with Crippen LogP contribution in [0.25, 0.3) is 0 Å². The highest BCUT2D eigenvalue weighted by atomic mass is 16.5. The van der Waals surface area contributed by atoms with Crippen LogP contribution in [0.5, 0.6) is 11.5 Å². The van der Waals surface area contributed by atoms with Crippen LogP contribution in [0.2, 0.25) is 0 Å². The molecule has 110 valence electrons. The summed E-state index contributed by atoms with van der Waals surface area (Å²) in [5, 5.41) is 3.30. The molecule has 4 heteroatoms. The summed E-state index contributed by atoms with van der Waals surface area (Å²) in [7, 11) is 3.33. The molecule has 1 aromatic rings. The van der Waals surface area contributed by atoms with Gasteiger partial charge in [0.25, 0.3) is 0 Å². The molecule has 0 heterocycles. The standard InChI is InChI=1S/C16H23NO3/c1-4-5-6-11-20-16-14(13-17-10-12-18-2)8-7-9-15(16)19-3/h1,7-9,17H,5-6,10-13H2,2-3H3. The van der Waals surface area contributed by atoms with Gasteiger partial charge in [0.2, 0.25) is 0 Å². The number of nitrogens with one attached hydrogen (secondary N) is 1. The zero-order valence-corrected chi connectivity index (χ0v) is 12.3. The SMILES string of the molecule is C#CCCCOc1c(CNCCOC)cccc1OC. The van der Waals surface area contributed by atoms with E-state index in [4.69, 9.17) is 20.6 Å². The van der Waals surface area contributed by atoms with Crippen LogP contribution in [0.4, 0.5) is 0 Å². The zero-order valence-electron chi connectivity index (χ0n) is 12.3. The average Bonchev–Trinajstić information content (AvgIpc) is 2.48. The summed E-state index contributed by atoms with van der Waals surface area (Å²) in [6, 6.07) is 5.88. The van der Waals surface area contributed by atoms with Crippen molar-refractivity contribution in [3.05, 3.63) is 23.8 Å². The summed E-state index contributed by atoms with van der Waals surface area (Å²) in [6.45, 7) is 2.78. The fraction of sp³-hybridized carbons (Fsp3) is 0.500. The van der Waals surface area contributed by atoms with Crippen molar-refractivity contribution >= 4 is 0 Å². The van der Waals surface area contributed by atoms with E-state index < -0.39 is 0 Å². The lowest BCUT2D eigenvalue weighted by molar-refractivity contribution is 0.199. The van der Waals surface area contributed by atoms with Crippen molar-refractivity contribution in [2.45, 2.75) is 19.4 Å². The van der Waals surface area contributed by atoms with Crippen LogP contribution in [0.15, 0.2) is 18.2 Å². The molecule has 0 saturated heterocycles. The molecule has 4 nitrogen and oxygen atoms in total.